The molecule has 0 bridgehead atoms. The number of fused-ring (bicyclic) bond motifs is 1. The molecule has 1 aromatic carbocycles. The first-order chi connectivity index (χ1) is 9.80. The number of aromatic nitrogens is 1. The van der Waals surface area contributed by atoms with Crippen molar-refractivity contribution in [3.63, 3.8) is 0 Å². The molecule has 0 unspecified atom stereocenters. The summed E-state index contributed by atoms with van der Waals surface area (Å²) in [6.45, 7) is 4.36. The molecule has 5 heteroatoms. The Morgan fingerprint density at radius 1 is 1.15 bits per heavy atom. The van der Waals surface area contributed by atoms with Crippen LogP contribution >= 0.6 is 0 Å². The lowest BCUT2D eigenvalue weighted by atomic mass is 10.1. The molecule has 0 saturated heterocycles. The van der Waals surface area contributed by atoms with Crippen LogP contribution in [0.5, 0.6) is 17.4 Å². The third-order valence-corrected chi connectivity index (χ3v) is 3.00. The number of ether oxygens (including phenoxy) is 3. The largest absolute Gasteiger partial charge is 0.493 e. The molecule has 2 aromatic rings. The Morgan fingerprint density at radius 3 is 2.60 bits per heavy atom. The Hall–Kier alpha value is -2.01. The highest BCUT2D eigenvalue weighted by molar-refractivity contribution is 5.89. The molecule has 0 aliphatic rings. The molecule has 5 nitrogen and oxygen atoms in total. The minimum absolute atomic E-state index is 0.578. The van der Waals surface area contributed by atoms with Gasteiger partial charge in [-0.2, -0.15) is 0 Å². The normalized spacial score (nSPS) is 10.6. The van der Waals surface area contributed by atoms with Crippen molar-refractivity contribution < 1.29 is 14.2 Å². The number of benzene rings is 1. The number of hydrogen-bond donors (Lipinski definition) is 1. The molecule has 1 heterocycles. The third-order valence-electron chi connectivity index (χ3n) is 3.00. The number of methoxy groups -OCH3 is 2. The predicted molar refractivity (Wildman–Crippen MR) is 78.9 cm³/mol. The number of pyridine rings is 1. The molecule has 1 aromatic heterocycles. The van der Waals surface area contributed by atoms with Gasteiger partial charge >= 0.3 is 0 Å². The van der Waals surface area contributed by atoms with Crippen LogP contribution in [0, 0.1) is 0 Å². The van der Waals surface area contributed by atoms with Gasteiger partial charge in [-0.3, -0.25) is 0 Å². The zero-order valence-corrected chi connectivity index (χ0v) is 12.1. The summed E-state index contributed by atoms with van der Waals surface area (Å²) in [6.07, 6.45) is 1.73. The standard InChI is InChI=1S/C15H20N2O3/c1-4-16-7-8-20-15-12-10-14(19-3)13(18-2)9-11(12)5-6-17-15/h5-6,9-10,16H,4,7-8H2,1-3H3. The van der Waals surface area contributed by atoms with E-state index in [-0.39, 0.29) is 0 Å². The third kappa shape index (κ3) is 3.11. The molecule has 0 amide bonds. The van der Waals surface area contributed by atoms with E-state index in [0.29, 0.717) is 24.0 Å². The van der Waals surface area contributed by atoms with Gasteiger partial charge in [0.2, 0.25) is 5.88 Å². The molecular weight excluding hydrogens is 256 g/mol. The van der Waals surface area contributed by atoms with Gasteiger partial charge < -0.3 is 19.5 Å². The van der Waals surface area contributed by atoms with E-state index in [4.69, 9.17) is 14.2 Å². The van der Waals surface area contributed by atoms with E-state index in [1.54, 1.807) is 20.4 Å². The van der Waals surface area contributed by atoms with E-state index in [1.165, 1.54) is 0 Å². The molecule has 0 spiro atoms. The molecule has 0 aliphatic carbocycles. The van der Waals surface area contributed by atoms with Gasteiger partial charge in [-0.25, -0.2) is 4.98 Å². The summed E-state index contributed by atoms with van der Waals surface area (Å²) in [4.78, 5) is 4.29. The van der Waals surface area contributed by atoms with Crippen molar-refractivity contribution in [1.29, 1.82) is 0 Å². The van der Waals surface area contributed by atoms with Crippen LogP contribution < -0.4 is 19.5 Å². The van der Waals surface area contributed by atoms with Gasteiger partial charge in [0.1, 0.15) is 6.61 Å². The van der Waals surface area contributed by atoms with Crippen LogP contribution in [0.3, 0.4) is 0 Å². The molecule has 0 fully saturated rings. The highest BCUT2D eigenvalue weighted by Gasteiger charge is 2.10. The Labute approximate surface area is 118 Å². The van der Waals surface area contributed by atoms with Crippen molar-refractivity contribution in [2.75, 3.05) is 33.9 Å². The molecule has 20 heavy (non-hydrogen) atoms. The van der Waals surface area contributed by atoms with Crippen LogP contribution in [0.2, 0.25) is 0 Å². The minimum Gasteiger partial charge on any atom is -0.493 e. The summed E-state index contributed by atoms with van der Waals surface area (Å²) in [5, 5.41) is 5.14. The fraction of sp³-hybridized carbons (Fsp3) is 0.400. The van der Waals surface area contributed by atoms with E-state index >= 15 is 0 Å². The second kappa shape index (κ2) is 6.96. The summed E-state index contributed by atoms with van der Waals surface area (Å²) in [5.41, 5.74) is 0. The second-order valence-electron chi connectivity index (χ2n) is 4.25. The Morgan fingerprint density at radius 2 is 1.90 bits per heavy atom. The topological polar surface area (TPSA) is 52.6 Å². The van der Waals surface area contributed by atoms with Crippen molar-refractivity contribution in [3.05, 3.63) is 24.4 Å². The zero-order valence-electron chi connectivity index (χ0n) is 12.1. The van der Waals surface area contributed by atoms with E-state index in [1.807, 2.05) is 18.2 Å². The lowest BCUT2D eigenvalue weighted by Crippen LogP contribution is -2.20. The SMILES string of the molecule is CCNCCOc1nccc2cc(OC)c(OC)cc12. The Kier molecular flexibility index (Phi) is 5.01. The fourth-order valence-electron chi connectivity index (χ4n) is 1.98. The average molecular weight is 276 g/mol. The number of nitrogens with zero attached hydrogens (tertiary/aromatic N) is 1. The van der Waals surface area contributed by atoms with Gasteiger partial charge in [-0.15, -0.1) is 0 Å². The van der Waals surface area contributed by atoms with Gasteiger partial charge in [0.15, 0.2) is 11.5 Å². The summed E-state index contributed by atoms with van der Waals surface area (Å²) >= 11 is 0. The van der Waals surface area contributed by atoms with Crippen molar-refractivity contribution in [3.8, 4) is 17.4 Å². The smallest absolute Gasteiger partial charge is 0.221 e. The van der Waals surface area contributed by atoms with Crippen LogP contribution in [-0.4, -0.2) is 38.9 Å². The molecule has 108 valence electrons. The maximum atomic E-state index is 5.72. The number of likely N-dealkylation sites (N-methyl/N-ethyl adjacent to an activating group) is 1. The van der Waals surface area contributed by atoms with Crippen LogP contribution in [0.1, 0.15) is 6.92 Å². The maximum absolute atomic E-state index is 5.72. The van der Waals surface area contributed by atoms with Crippen LogP contribution in [0.4, 0.5) is 0 Å². The van der Waals surface area contributed by atoms with Crippen LogP contribution in [0.15, 0.2) is 24.4 Å². The first-order valence-corrected chi connectivity index (χ1v) is 6.64. The molecular formula is C15H20N2O3. The maximum Gasteiger partial charge on any atom is 0.221 e. The zero-order chi connectivity index (χ0) is 14.4. The Balaban J connectivity index is 2.30. The molecule has 0 atom stereocenters. The fourth-order valence-corrected chi connectivity index (χ4v) is 1.98. The average Bonchev–Trinajstić information content (AvgIpc) is 2.50. The van der Waals surface area contributed by atoms with Gasteiger partial charge in [-0.05, 0) is 30.1 Å². The minimum atomic E-state index is 0.578. The van der Waals surface area contributed by atoms with E-state index in [2.05, 4.69) is 17.2 Å². The van der Waals surface area contributed by atoms with E-state index in [0.717, 1.165) is 23.9 Å². The molecule has 0 saturated carbocycles. The van der Waals surface area contributed by atoms with E-state index < -0.39 is 0 Å². The van der Waals surface area contributed by atoms with E-state index in [9.17, 15) is 0 Å². The van der Waals surface area contributed by atoms with Gasteiger partial charge in [0.05, 0.1) is 14.2 Å². The second-order valence-corrected chi connectivity index (χ2v) is 4.25. The number of rotatable bonds is 7. The summed E-state index contributed by atoms with van der Waals surface area (Å²) in [5.74, 6) is 1.98. The van der Waals surface area contributed by atoms with Gasteiger partial charge in [0, 0.05) is 18.1 Å². The van der Waals surface area contributed by atoms with Crippen molar-refractivity contribution in [2.45, 2.75) is 6.92 Å². The first kappa shape index (κ1) is 14.4. The first-order valence-electron chi connectivity index (χ1n) is 6.64. The monoisotopic (exact) mass is 276 g/mol. The number of hydrogen-bond acceptors (Lipinski definition) is 5. The lowest BCUT2D eigenvalue weighted by molar-refractivity contribution is 0.307. The highest BCUT2D eigenvalue weighted by atomic mass is 16.5. The lowest BCUT2D eigenvalue weighted by Gasteiger charge is -2.12. The van der Waals surface area contributed by atoms with Crippen molar-refractivity contribution >= 4 is 10.8 Å². The molecule has 2 rings (SSSR count). The highest BCUT2D eigenvalue weighted by Crippen LogP contribution is 2.35. The van der Waals surface area contributed by atoms with Crippen molar-refractivity contribution in [2.24, 2.45) is 0 Å². The molecule has 0 aliphatic heterocycles. The summed E-state index contributed by atoms with van der Waals surface area (Å²) < 4.78 is 16.3. The van der Waals surface area contributed by atoms with Gasteiger partial charge in [0.25, 0.3) is 0 Å². The van der Waals surface area contributed by atoms with Crippen molar-refractivity contribution in [1.82, 2.24) is 10.3 Å². The van der Waals surface area contributed by atoms with Crippen LogP contribution in [0.25, 0.3) is 10.8 Å². The quantitative estimate of drug-likeness (QED) is 0.786. The number of nitrogens with one attached hydrogen (secondary N) is 1. The Bertz CT molecular complexity index is 572. The van der Waals surface area contributed by atoms with Crippen LogP contribution in [-0.2, 0) is 0 Å². The summed E-state index contributed by atoms with van der Waals surface area (Å²) in [7, 11) is 3.24. The molecule has 0 radical (unpaired) electrons. The summed E-state index contributed by atoms with van der Waals surface area (Å²) in [6, 6.07) is 5.74. The molecule has 1 N–H and O–H groups in total. The van der Waals surface area contributed by atoms with Gasteiger partial charge in [-0.1, -0.05) is 6.92 Å². The predicted octanol–water partition coefficient (Wildman–Crippen LogP) is 2.24.